The summed E-state index contributed by atoms with van der Waals surface area (Å²) < 4.78 is 10.6. The molecule has 0 saturated heterocycles. The van der Waals surface area contributed by atoms with E-state index in [1.54, 1.807) is 19.1 Å². The second kappa shape index (κ2) is 8.85. The molecule has 1 aliphatic carbocycles. The zero-order valence-electron chi connectivity index (χ0n) is 17.1. The van der Waals surface area contributed by atoms with Crippen molar-refractivity contribution in [3.05, 3.63) is 57.7 Å². The maximum atomic E-state index is 13.0. The standard InChI is InChI=1S/C23H28O4/c1-14(2)8-7-9-15(3)10-11-17-16(4)22(24)18-12-20(26-5)21(27-6)13-19(18)23(17)25/h8,10,12-13H,7,9,11H2,1-6H3. The van der Waals surface area contributed by atoms with E-state index in [0.717, 1.165) is 12.8 Å². The van der Waals surface area contributed by atoms with Gasteiger partial charge in [0.05, 0.1) is 14.2 Å². The molecule has 0 amide bonds. The smallest absolute Gasteiger partial charge is 0.190 e. The maximum absolute atomic E-state index is 13.0. The number of hydrogen-bond donors (Lipinski definition) is 0. The zero-order chi connectivity index (χ0) is 20.1. The molecule has 2 rings (SSSR count). The van der Waals surface area contributed by atoms with Crippen molar-refractivity contribution in [3.8, 4) is 11.5 Å². The molecule has 0 atom stereocenters. The largest absolute Gasteiger partial charge is 0.493 e. The minimum absolute atomic E-state index is 0.114. The predicted octanol–water partition coefficient (Wildman–Crippen LogP) is 5.48. The molecule has 0 unspecified atom stereocenters. The fraction of sp³-hybridized carbons (Fsp3) is 0.391. The van der Waals surface area contributed by atoms with Gasteiger partial charge in [0.1, 0.15) is 0 Å². The number of benzene rings is 1. The minimum atomic E-state index is -0.129. The molecule has 0 radical (unpaired) electrons. The Morgan fingerprint density at radius 3 is 2.00 bits per heavy atom. The van der Waals surface area contributed by atoms with Crippen molar-refractivity contribution >= 4 is 11.6 Å². The molecule has 1 aromatic rings. The van der Waals surface area contributed by atoms with Crippen LogP contribution in [0.3, 0.4) is 0 Å². The Balaban J connectivity index is 2.30. The first-order chi connectivity index (χ1) is 12.8. The molecule has 27 heavy (non-hydrogen) atoms. The fourth-order valence-electron chi connectivity index (χ4n) is 3.14. The van der Waals surface area contributed by atoms with Gasteiger partial charge in [-0.15, -0.1) is 0 Å². The van der Waals surface area contributed by atoms with Crippen LogP contribution in [0.2, 0.25) is 0 Å². The number of carbonyl (C=O) groups excluding carboxylic acids is 2. The summed E-state index contributed by atoms with van der Waals surface area (Å²) in [6.07, 6.45) is 6.64. The van der Waals surface area contributed by atoms with Crippen molar-refractivity contribution < 1.29 is 19.1 Å². The summed E-state index contributed by atoms with van der Waals surface area (Å²) >= 11 is 0. The number of allylic oxidation sites excluding steroid dienone is 6. The average molecular weight is 368 g/mol. The molecule has 1 aliphatic rings. The summed E-state index contributed by atoms with van der Waals surface area (Å²) in [6.45, 7) is 7.95. The number of ketones is 2. The van der Waals surface area contributed by atoms with Gasteiger partial charge >= 0.3 is 0 Å². The van der Waals surface area contributed by atoms with Gasteiger partial charge in [-0.05, 0) is 59.1 Å². The maximum Gasteiger partial charge on any atom is 0.190 e. The summed E-state index contributed by atoms with van der Waals surface area (Å²) in [5, 5.41) is 0. The summed E-state index contributed by atoms with van der Waals surface area (Å²) in [6, 6.07) is 3.20. The molecule has 0 aliphatic heterocycles. The Hall–Kier alpha value is -2.62. The van der Waals surface area contributed by atoms with E-state index < -0.39 is 0 Å². The third-order valence-electron chi connectivity index (χ3n) is 4.83. The Bertz CT molecular complexity index is 849. The third kappa shape index (κ3) is 4.57. The highest BCUT2D eigenvalue weighted by atomic mass is 16.5. The van der Waals surface area contributed by atoms with Gasteiger partial charge in [0, 0.05) is 22.3 Å². The number of rotatable bonds is 7. The normalized spacial score (nSPS) is 14.2. The summed E-state index contributed by atoms with van der Waals surface area (Å²) in [7, 11) is 3.02. The Morgan fingerprint density at radius 1 is 0.926 bits per heavy atom. The highest BCUT2D eigenvalue weighted by Crippen LogP contribution is 2.36. The molecule has 0 fully saturated rings. The molecule has 0 spiro atoms. The first kappa shape index (κ1) is 20.7. The van der Waals surface area contributed by atoms with Gasteiger partial charge in [0.2, 0.25) is 0 Å². The third-order valence-corrected chi connectivity index (χ3v) is 4.83. The predicted molar refractivity (Wildman–Crippen MR) is 108 cm³/mol. The van der Waals surface area contributed by atoms with E-state index in [1.165, 1.54) is 25.4 Å². The quantitative estimate of drug-likeness (QED) is 0.598. The first-order valence-corrected chi connectivity index (χ1v) is 9.14. The van der Waals surface area contributed by atoms with Crippen LogP contribution >= 0.6 is 0 Å². The SMILES string of the molecule is COc1cc2c(cc1OC)C(=O)C(CC=C(C)CCC=C(C)C)=C(C)C2=O. The molecule has 4 nitrogen and oxygen atoms in total. The summed E-state index contributed by atoms with van der Waals surface area (Å²) in [4.78, 5) is 25.8. The van der Waals surface area contributed by atoms with Gasteiger partial charge in [0.15, 0.2) is 23.1 Å². The topological polar surface area (TPSA) is 52.6 Å². The fourth-order valence-corrected chi connectivity index (χ4v) is 3.14. The molecule has 0 heterocycles. The van der Waals surface area contributed by atoms with Crippen LogP contribution in [0, 0.1) is 0 Å². The lowest BCUT2D eigenvalue weighted by molar-refractivity contribution is 0.0972. The van der Waals surface area contributed by atoms with Crippen molar-refractivity contribution in [2.75, 3.05) is 14.2 Å². The molecular weight excluding hydrogens is 340 g/mol. The van der Waals surface area contributed by atoms with Crippen LogP contribution in [0.4, 0.5) is 0 Å². The van der Waals surface area contributed by atoms with Crippen molar-refractivity contribution in [2.45, 2.75) is 47.0 Å². The van der Waals surface area contributed by atoms with Gasteiger partial charge < -0.3 is 9.47 Å². The van der Waals surface area contributed by atoms with E-state index >= 15 is 0 Å². The second-order valence-electron chi connectivity index (χ2n) is 7.09. The van der Waals surface area contributed by atoms with Crippen molar-refractivity contribution in [2.24, 2.45) is 0 Å². The van der Waals surface area contributed by atoms with E-state index in [-0.39, 0.29) is 11.6 Å². The van der Waals surface area contributed by atoms with Crippen LogP contribution < -0.4 is 9.47 Å². The number of methoxy groups -OCH3 is 2. The number of carbonyl (C=O) groups is 2. The van der Waals surface area contributed by atoms with Crippen LogP contribution in [0.25, 0.3) is 0 Å². The van der Waals surface area contributed by atoms with Crippen LogP contribution in [-0.4, -0.2) is 25.8 Å². The molecule has 0 saturated carbocycles. The van der Waals surface area contributed by atoms with Crippen molar-refractivity contribution in [3.63, 3.8) is 0 Å². The van der Waals surface area contributed by atoms with E-state index in [1.807, 2.05) is 0 Å². The van der Waals surface area contributed by atoms with Gasteiger partial charge in [-0.3, -0.25) is 9.59 Å². The van der Waals surface area contributed by atoms with Gasteiger partial charge in [-0.2, -0.15) is 0 Å². The van der Waals surface area contributed by atoms with Crippen LogP contribution in [0.1, 0.15) is 67.7 Å². The highest BCUT2D eigenvalue weighted by Gasteiger charge is 2.31. The van der Waals surface area contributed by atoms with Crippen LogP contribution in [0.15, 0.2) is 46.6 Å². The number of ether oxygens (including phenoxy) is 2. The lowest BCUT2D eigenvalue weighted by Crippen LogP contribution is -2.21. The minimum Gasteiger partial charge on any atom is -0.493 e. The first-order valence-electron chi connectivity index (χ1n) is 9.14. The van der Waals surface area contributed by atoms with E-state index in [4.69, 9.17) is 9.47 Å². The van der Waals surface area contributed by atoms with Gasteiger partial charge in [-0.1, -0.05) is 23.3 Å². The number of hydrogen-bond acceptors (Lipinski definition) is 4. The van der Waals surface area contributed by atoms with E-state index in [0.29, 0.717) is 40.2 Å². The van der Waals surface area contributed by atoms with E-state index in [2.05, 4.69) is 32.9 Å². The Labute approximate surface area is 161 Å². The van der Waals surface area contributed by atoms with Crippen LogP contribution in [-0.2, 0) is 0 Å². The monoisotopic (exact) mass is 368 g/mol. The molecule has 144 valence electrons. The second-order valence-corrected chi connectivity index (χ2v) is 7.09. The lowest BCUT2D eigenvalue weighted by atomic mass is 9.83. The molecular formula is C23H28O4. The molecule has 0 bridgehead atoms. The van der Waals surface area contributed by atoms with Gasteiger partial charge in [0.25, 0.3) is 0 Å². The molecule has 1 aromatic carbocycles. The number of Topliss-reactive ketones (excluding diaryl/α,β-unsaturated/α-hetero) is 2. The lowest BCUT2D eigenvalue weighted by Gasteiger charge is -2.20. The van der Waals surface area contributed by atoms with Crippen LogP contribution in [0.5, 0.6) is 11.5 Å². The Morgan fingerprint density at radius 2 is 1.48 bits per heavy atom. The zero-order valence-corrected chi connectivity index (χ0v) is 17.1. The number of fused-ring (bicyclic) bond motifs is 1. The van der Waals surface area contributed by atoms with E-state index in [9.17, 15) is 9.59 Å². The summed E-state index contributed by atoms with van der Waals surface area (Å²) in [5.74, 6) is 0.654. The summed E-state index contributed by atoms with van der Waals surface area (Å²) in [5.41, 5.74) is 4.34. The molecule has 0 N–H and O–H groups in total. The van der Waals surface area contributed by atoms with Gasteiger partial charge in [-0.25, -0.2) is 0 Å². The van der Waals surface area contributed by atoms with Crippen molar-refractivity contribution in [1.82, 2.24) is 0 Å². The van der Waals surface area contributed by atoms with Crippen molar-refractivity contribution in [1.29, 1.82) is 0 Å². The Kier molecular flexibility index (Phi) is 6.78. The highest BCUT2D eigenvalue weighted by molar-refractivity contribution is 6.27. The molecule has 0 aromatic heterocycles. The molecule has 4 heteroatoms. The average Bonchev–Trinajstić information content (AvgIpc) is 2.64.